The molecule has 0 aliphatic carbocycles. The topological polar surface area (TPSA) is 122 Å². The second-order valence-electron chi connectivity index (χ2n) is 6.91. The van der Waals surface area contributed by atoms with E-state index in [1.54, 1.807) is 12.1 Å². The van der Waals surface area contributed by atoms with Crippen molar-refractivity contribution in [3.63, 3.8) is 0 Å². The van der Waals surface area contributed by atoms with Gasteiger partial charge in [0.25, 0.3) is 10.0 Å². The van der Waals surface area contributed by atoms with Crippen LogP contribution >= 0.6 is 0 Å². The van der Waals surface area contributed by atoms with Crippen LogP contribution in [0.3, 0.4) is 0 Å². The molecule has 0 spiro atoms. The summed E-state index contributed by atoms with van der Waals surface area (Å²) in [5.41, 5.74) is 5.85. The molecule has 144 valence electrons. The lowest BCUT2D eigenvalue weighted by Crippen LogP contribution is -2.50. The van der Waals surface area contributed by atoms with E-state index in [2.05, 4.69) is 10.3 Å². The van der Waals surface area contributed by atoms with Crippen LogP contribution in [0.4, 0.5) is 0 Å². The van der Waals surface area contributed by atoms with Crippen molar-refractivity contribution in [2.75, 3.05) is 13.1 Å². The molecule has 1 unspecified atom stereocenters. The third kappa shape index (κ3) is 5.09. The number of amides is 1. The number of ketones is 1. The summed E-state index contributed by atoms with van der Waals surface area (Å²) in [7, 11) is -3.84. The Bertz CT molecular complexity index is 736. The molecule has 1 saturated heterocycles. The van der Waals surface area contributed by atoms with E-state index in [-0.39, 0.29) is 35.7 Å². The number of carbonyl (C=O) groups excluding carboxylic acids is 2. The average molecular weight is 382 g/mol. The van der Waals surface area contributed by atoms with Gasteiger partial charge in [-0.3, -0.25) is 9.59 Å². The number of Topliss-reactive ketones (excluding diaryl/α,β-unsaturated/α-hetero) is 1. The van der Waals surface area contributed by atoms with Crippen LogP contribution in [0, 0.1) is 5.92 Å². The summed E-state index contributed by atoms with van der Waals surface area (Å²) in [5, 5.41) is 2.59. The number of sulfonamides is 1. The molecule has 1 fully saturated rings. The highest BCUT2D eigenvalue weighted by atomic mass is 32.2. The molecular formula is C17H26N4O4S. The van der Waals surface area contributed by atoms with Gasteiger partial charge in [0.2, 0.25) is 5.91 Å². The van der Waals surface area contributed by atoms with Gasteiger partial charge in [-0.15, -0.1) is 0 Å². The maximum absolute atomic E-state index is 12.6. The summed E-state index contributed by atoms with van der Waals surface area (Å²) < 4.78 is 26.4. The highest BCUT2D eigenvalue weighted by Gasteiger charge is 2.34. The first kappa shape index (κ1) is 20.5. The first-order chi connectivity index (χ1) is 12.2. The van der Waals surface area contributed by atoms with E-state index < -0.39 is 22.1 Å². The van der Waals surface area contributed by atoms with Crippen molar-refractivity contribution in [3.8, 4) is 0 Å². The SMILES string of the molecule is CC(C)C[C@H](N)C(=O)NC1CCCN(S(=O)(=O)c2ccccn2)CC1=O. The van der Waals surface area contributed by atoms with Crippen LogP contribution in [0.2, 0.25) is 0 Å². The summed E-state index contributed by atoms with van der Waals surface area (Å²) in [6.45, 7) is 3.84. The second kappa shape index (κ2) is 8.70. The summed E-state index contributed by atoms with van der Waals surface area (Å²) >= 11 is 0. The number of nitrogens with two attached hydrogens (primary N) is 1. The fraction of sp³-hybridized carbons (Fsp3) is 0.588. The molecule has 0 aromatic carbocycles. The van der Waals surface area contributed by atoms with Crippen molar-refractivity contribution in [1.82, 2.24) is 14.6 Å². The van der Waals surface area contributed by atoms with Crippen molar-refractivity contribution >= 4 is 21.7 Å². The number of aromatic nitrogens is 1. The molecule has 1 aromatic heterocycles. The zero-order valence-corrected chi connectivity index (χ0v) is 15.9. The molecule has 1 amide bonds. The molecule has 1 aromatic rings. The molecule has 1 aliphatic rings. The maximum atomic E-state index is 12.6. The largest absolute Gasteiger partial charge is 0.345 e. The van der Waals surface area contributed by atoms with Gasteiger partial charge in [-0.05, 0) is 37.3 Å². The normalized spacial score (nSPS) is 20.6. The van der Waals surface area contributed by atoms with E-state index in [9.17, 15) is 18.0 Å². The minimum atomic E-state index is -3.84. The van der Waals surface area contributed by atoms with Gasteiger partial charge < -0.3 is 11.1 Å². The van der Waals surface area contributed by atoms with Crippen LogP contribution in [-0.4, -0.2) is 54.6 Å². The number of carbonyl (C=O) groups is 2. The Kier molecular flexibility index (Phi) is 6.85. The Morgan fingerprint density at radius 1 is 1.42 bits per heavy atom. The van der Waals surface area contributed by atoms with Crippen molar-refractivity contribution in [3.05, 3.63) is 24.4 Å². The zero-order chi connectivity index (χ0) is 19.3. The van der Waals surface area contributed by atoms with E-state index >= 15 is 0 Å². The van der Waals surface area contributed by atoms with Gasteiger partial charge in [-0.25, -0.2) is 13.4 Å². The smallest absolute Gasteiger partial charge is 0.260 e. The van der Waals surface area contributed by atoms with Crippen molar-refractivity contribution in [1.29, 1.82) is 0 Å². The number of rotatable bonds is 6. The third-order valence-electron chi connectivity index (χ3n) is 4.24. The lowest BCUT2D eigenvalue weighted by Gasteiger charge is -2.20. The number of nitrogens with one attached hydrogen (secondary N) is 1. The second-order valence-corrected chi connectivity index (χ2v) is 8.80. The van der Waals surface area contributed by atoms with Crippen molar-refractivity contribution in [2.45, 2.75) is 50.2 Å². The predicted octanol–water partition coefficient (Wildman–Crippen LogP) is 0.293. The zero-order valence-electron chi connectivity index (χ0n) is 15.1. The number of pyridine rings is 1. The molecule has 0 bridgehead atoms. The minimum Gasteiger partial charge on any atom is -0.345 e. The monoisotopic (exact) mass is 382 g/mol. The summed E-state index contributed by atoms with van der Waals surface area (Å²) in [5.74, 6) is -0.454. The molecular weight excluding hydrogens is 356 g/mol. The number of hydrogen-bond donors (Lipinski definition) is 2. The molecule has 26 heavy (non-hydrogen) atoms. The van der Waals surface area contributed by atoms with Gasteiger partial charge in [-0.1, -0.05) is 19.9 Å². The van der Waals surface area contributed by atoms with E-state index in [0.29, 0.717) is 19.3 Å². The Balaban J connectivity index is 2.05. The molecule has 0 saturated carbocycles. The van der Waals surface area contributed by atoms with Crippen LogP contribution in [0.25, 0.3) is 0 Å². The highest BCUT2D eigenvalue weighted by Crippen LogP contribution is 2.18. The first-order valence-corrected chi connectivity index (χ1v) is 10.2. The first-order valence-electron chi connectivity index (χ1n) is 8.71. The highest BCUT2D eigenvalue weighted by molar-refractivity contribution is 7.89. The summed E-state index contributed by atoms with van der Waals surface area (Å²) in [6, 6.07) is 3.20. The molecule has 8 nitrogen and oxygen atoms in total. The van der Waals surface area contributed by atoms with Crippen molar-refractivity contribution in [2.24, 2.45) is 11.7 Å². The Morgan fingerprint density at radius 3 is 2.77 bits per heavy atom. The van der Waals surface area contributed by atoms with Crippen LogP contribution in [-0.2, 0) is 19.6 Å². The molecule has 1 aliphatic heterocycles. The average Bonchev–Trinajstić information content (AvgIpc) is 2.77. The van der Waals surface area contributed by atoms with E-state index in [1.165, 1.54) is 12.3 Å². The van der Waals surface area contributed by atoms with Crippen LogP contribution in [0.5, 0.6) is 0 Å². The quantitative estimate of drug-likeness (QED) is 0.729. The molecule has 2 heterocycles. The van der Waals surface area contributed by atoms with E-state index in [0.717, 1.165) is 4.31 Å². The van der Waals surface area contributed by atoms with E-state index in [4.69, 9.17) is 5.73 Å². The number of nitrogens with zero attached hydrogens (tertiary/aromatic N) is 2. The van der Waals surface area contributed by atoms with Gasteiger partial charge >= 0.3 is 0 Å². The molecule has 9 heteroatoms. The molecule has 2 rings (SSSR count). The van der Waals surface area contributed by atoms with Gasteiger partial charge in [0.15, 0.2) is 10.8 Å². The summed E-state index contributed by atoms with van der Waals surface area (Å²) in [6.07, 6.45) is 2.76. The molecule has 0 radical (unpaired) electrons. The van der Waals surface area contributed by atoms with Crippen molar-refractivity contribution < 1.29 is 18.0 Å². The van der Waals surface area contributed by atoms with Gasteiger partial charge in [0.1, 0.15) is 0 Å². The fourth-order valence-corrected chi connectivity index (χ4v) is 4.26. The molecule has 3 N–H and O–H groups in total. The standard InChI is InChI=1S/C17H26N4O4S/c1-12(2)10-13(18)17(23)20-14-6-5-9-21(11-15(14)22)26(24,25)16-7-3-4-8-19-16/h3-4,7-8,12-14H,5-6,9-11,18H2,1-2H3,(H,20,23)/t13-,14?/m0/s1. The third-order valence-corrected chi connectivity index (χ3v) is 6.00. The van der Waals surface area contributed by atoms with Gasteiger partial charge in [0.05, 0.1) is 18.6 Å². The summed E-state index contributed by atoms with van der Waals surface area (Å²) in [4.78, 5) is 28.5. The molecule has 2 atom stereocenters. The lowest BCUT2D eigenvalue weighted by molar-refractivity contribution is -0.128. The Morgan fingerprint density at radius 2 is 2.15 bits per heavy atom. The lowest BCUT2D eigenvalue weighted by atomic mass is 10.0. The number of hydrogen-bond acceptors (Lipinski definition) is 6. The van der Waals surface area contributed by atoms with Crippen LogP contribution in [0.1, 0.15) is 33.1 Å². The van der Waals surface area contributed by atoms with E-state index in [1.807, 2.05) is 13.8 Å². The Hall–Kier alpha value is -1.84. The predicted molar refractivity (Wildman–Crippen MR) is 96.6 cm³/mol. The van der Waals surface area contributed by atoms with Gasteiger partial charge in [-0.2, -0.15) is 4.31 Å². The Labute approximate surface area is 154 Å². The minimum absolute atomic E-state index is 0.0887. The fourth-order valence-electron chi connectivity index (χ4n) is 2.88. The van der Waals surface area contributed by atoms with Crippen LogP contribution in [0.15, 0.2) is 29.4 Å². The van der Waals surface area contributed by atoms with Gasteiger partial charge in [0, 0.05) is 12.7 Å². The van der Waals surface area contributed by atoms with Crippen LogP contribution < -0.4 is 11.1 Å². The maximum Gasteiger partial charge on any atom is 0.260 e.